The van der Waals surface area contributed by atoms with E-state index in [1.165, 1.54) is 7.11 Å². The van der Waals surface area contributed by atoms with Gasteiger partial charge in [0.05, 0.1) is 24.1 Å². The Labute approximate surface area is 198 Å². The molecule has 1 heterocycles. The van der Waals surface area contributed by atoms with E-state index < -0.39 is 11.7 Å². The van der Waals surface area contributed by atoms with Crippen LogP contribution in [0.4, 0.5) is 23.7 Å². The van der Waals surface area contributed by atoms with Crippen molar-refractivity contribution in [2.24, 2.45) is 4.99 Å². The van der Waals surface area contributed by atoms with Gasteiger partial charge in [0.1, 0.15) is 11.5 Å². The maximum absolute atomic E-state index is 12.9. The Morgan fingerprint density at radius 1 is 1.18 bits per heavy atom. The maximum Gasteiger partial charge on any atom is 0.416 e. The van der Waals surface area contributed by atoms with Gasteiger partial charge in [0.2, 0.25) is 0 Å². The number of carbonyl (C=O) groups is 1. The molecule has 8 nitrogen and oxygen atoms in total. The van der Waals surface area contributed by atoms with Crippen LogP contribution in [0.5, 0.6) is 17.2 Å². The summed E-state index contributed by atoms with van der Waals surface area (Å²) in [7, 11) is 1.42. The van der Waals surface area contributed by atoms with E-state index in [1.54, 1.807) is 29.8 Å². The van der Waals surface area contributed by atoms with Crippen LogP contribution < -0.4 is 25.6 Å². The number of benzene rings is 2. The molecule has 0 radical (unpaired) electrons. The Kier molecular flexibility index (Phi) is 8.42. The minimum atomic E-state index is -4.57. The first kappa shape index (κ1) is 25.4. The quantitative estimate of drug-likeness (QED) is 0.282. The van der Waals surface area contributed by atoms with Gasteiger partial charge < -0.3 is 20.1 Å². The van der Waals surface area contributed by atoms with E-state index in [1.807, 2.05) is 6.92 Å². The fraction of sp³-hybridized carbons (Fsp3) is 0.273. The number of hydrogen-bond acceptors (Lipinski definition) is 8. The van der Waals surface area contributed by atoms with Crippen LogP contribution in [-0.4, -0.2) is 43.0 Å². The summed E-state index contributed by atoms with van der Waals surface area (Å²) in [6.07, 6.45) is -2.81. The molecule has 2 aromatic carbocycles. The standard InChI is InChI=1S/C22H23F3N4O4S/c1-3-26-8-9-27-20-19(34-21(30)28-20)11-13-4-6-17(18(10-13)32-2)33-16-7-5-14(22(23,24)25)12-15(16)29-31/h4-7,10-12,26,29,31H,3,8-9H2,1-2H3,(H,27,28,30)/b19-11-. The summed E-state index contributed by atoms with van der Waals surface area (Å²) in [5, 5.41) is 14.9. The van der Waals surface area contributed by atoms with Gasteiger partial charge in [-0.1, -0.05) is 13.0 Å². The molecule has 12 heteroatoms. The smallest absolute Gasteiger partial charge is 0.416 e. The van der Waals surface area contributed by atoms with Gasteiger partial charge in [-0.3, -0.25) is 20.5 Å². The Hall–Kier alpha value is -3.22. The molecule has 2 aromatic rings. The molecule has 34 heavy (non-hydrogen) atoms. The zero-order valence-corrected chi connectivity index (χ0v) is 19.1. The number of likely N-dealkylation sites (N-methyl/N-ethyl adjacent to an activating group) is 1. The average Bonchev–Trinajstić information content (AvgIpc) is 3.15. The lowest BCUT2D eigenvalue weighted by Crippen LogP contribution is -2.22. The van der Waals surface area contributed by atoms with Crippen LogP contribution >= 0.6 is 11.8 Å². The molecular weight excluding hydrogens is 473 g/mol. The second kappa shape index (κ2) is 11.3. The molecule has 182 valence electrons. The average molecular weight is 497 g/mol. The third kappa shape index (κ3) is 6.43. The molecule has 0 aromatic heterocycles. The number of amides is 1. The van der Waals surface area contributed by atoms with Crippen LogP contribution in [0.25, 0.3) is 6.08 Å². The number of rotatable bonds is 9. The highest BCUT2D eigenvalue weighted by Gasteiger charge is 2.31. The number of alkyl halides is 3. The summed E-state index contributed by atoms with van der Waals surface area (Å²) < 4.78 is 49.9. The summed E-state index contributed by atoms with van der Waals surface area (Å²) in [6.45, 7) is 4.00. The zero-order chi connectivity index (χ0) is 24.7. The van der Waals surface area contributed by atoms with Crippen molar-refractivity contribution in [3.05, 3.63) is 52.4 Å². The van der Waals surface area contributed by atoms with Crippen LogP contribution in [-0.2, 0) is 6.18 Å². The summed E-state index contributed by atoms with van der Waals surface area (Å²) in [6, 6.07) is 7.59. The second-order valence-corrected chi connectivity index (χ2v) is 7.95. The van der Waals surface area contributed by atoms with Crippen LogP contribution in [0.15, 0.2) is 46.3 Å². The summed E-state index contributed by atoms with van der Waals surface area (Å²) in [5.74, 6) is 0.964. The predicted octanol–water partition coefficient (Wildman–Crippen LogP) is 5.11. The third-order valence-electron chi connectivity index (χ3n) is 4.60. The van der Waals surface area contributed by atoms with E-state index >= 15 is 0 Å². The van der Waals surface area contributed by atoms with Crippen molar-refractivity contribution in [2.45, 2.75) is 13.1 Å². The van der Waals surface area contributed by atoms with Crippen molar-refractivity contribution in [3.8, 4) is 17.2 Å². The monoisotopic (exact) mass is 496 g/mol. The first-order valence-corrected chi connectivity index (χ1v) is 11.0. The molecule has 1 amide bonds. The van der Waals surface area contributed by atoms with E-state index in [4.69, 9.17) is 9.47 Å². The number of ether oxygens (including phenoxy) is 2. The lowest BCUT2D eigenvalue weighted by atomic mass is 10.1. The summed E-state index contributed by atoms with van der Waals surface area (Å²) in [5.41, 5.74) is 1.22. The SMILES string of the molecule is CCNCCN=C1NC(=O)S/C1=C\c1ccc(Oc2ccc(C(F)(F)F)cc2NO)c(OC)c1. The van der Waals surface area contributed by atoms with E-state index in [0.29, 0.717) is 35.1 Å². The van der Waals surface area contributed by atoms with Gasteiger partial charge in [0, 0.05) is 6.54 Å². The molecule has 0 saturated carbocycles. The van der Waals surface area contributed by atoms with Gasteiger partial charge >= 0.3 is 6.18 Å². The largest absolute Gasteiger partial charge is 0.493 e. The third-order valence-corrected chi connectivity index (χ3v) is 5.42. The second-order valence-electron chi connectivity index (χ2n) is 6.94. The Balaban J connectivity index is 1.84. The maximum atomic E-state index is 12.9. The van der Waals surface area contributed by atoms with Gasteiger partial charge in [-0.15, -0.1) is 0 Å². The van der Waals surface area contributed by atoms with E-state index in [9.17, 15) is 23.2 Å². The summed E-state index contributed by atoms with van der Waals surface area (Å²) >= 11 is 1.02. The zero-order valence-electron chi connectivity index (χ0n) is 18.3. The number of carbonyl (C=O) groups excluding carboxylic acids is 1. The van der Waals surface area contributed by atoms with Crippen molar-refractivity contribution < 1.29 is 32.6 Å². The highest BCUT2D eigenvalue weighted by Crippen LogP contribution is 2.39. The molecule has 0 unspecified atom stereocenters. The van der Waals surface area contributed by atoms with Crippen molar-refractivity contribution in [1.29, 1.82) is 0 Å². The molecule has 0 spiro atoms. The molecule has 0 atom stereocenters. The van der Waals surface area contributed by atoms with E-state index in [0.717, 1.165) is 36.5 Å². The lowest BCUT2D eigenvalue weighted by molar-refractivity contribution is -0.137. The van der Waals surface area contributed by atoms with Gasteiger partial charge in [-0.05, 0) is 60.3 Å². The van der Waals surface area contributed by atoms with Crippen LogP contribution in [0.2, 0.25) is 0 Å². The number of thioether (sulfide) groups is 1. The Morgan fingerprint density at radius 3 is 2.62 bits per heavy atom. The highest BCUT2D eigenvalue weighted by atomic mass is 32.2. The number of aliphatic imine (C=N–C) groups is 1. The molecule has 1 saturated heterocycles. The molecule has 1 aliphatic rings. The van der Waals surface area contributed by atoms with Crippen molar-refractivity contribution >= 4 is 34.6 Å². The van der Waals surface area contributed by atoms with E-state index in [-0.39, 0.29) is 22.4 Å². The Bertz CT molecular complexity index is 1110. The van der Waals surface area contributed by atoms with Crippen LogP contribution in [0, 0.1) is 0 Å². The van der Waals surface area contributed by atoms with Gasteiger partial charge in [0.15, 0.2) is 17.2 Å². The number of methoxy groups -OCH3 is 1. The minimum absolute atomic E-state index is 0.0313. The number of hydrogen-bond donors (Lipinski definition) is 4. The topological polar surface area (TPSA) is 104 Å². The predicted molar refractivity (Wildman–Crippen MR) is 125 cm³/mol. The number of nitrogens with zero attached hydrogens (tertiary/aromatic N) is 1. The number of halogens is 3. The molecule has 3 rings (SSSR count). The highest BCUT2D eigenvalue weighted by molar-refractivity contribution is 8.18. The first-order chi connectivity index (χ1) is 16.2. The summed E-state index contributed by atoms with van der Waals surface area (Å²) in [4.78, 5) is 16.9. The molecule has 0 bridgehead atoms. The fourth-order valence-electron chi connectivity index (χ4n) is 2.98. The van der Waals surface area contributed by atoms with Gasteiger partial charge in [0.25, 0.3) is 5.24 Å². The minimum Gasteiger partial charge on any atom is -0.493 e. The van der Waals surface area contributed by atoms with Gasteiger partial charge in [-0.25, -0.2) is 0 Å². The molecular formula is C22H23F3N4O4S. The van der Waals surface area contributed by atoms with Crippen molar-refractivity contribution in [3.63, 3.8) is 0 Å². The lowest BCUT2D eigenvalue weighted by Gasteiger charge is -2.15. The fourth-order valence-corrected chi connectivity index (χ4v) is 3.74. The first-order valence-electron chi connectivity index (χ1n) is 10.2. The van der Waals surface area contributed by atoms with Crippen molar-refractivity contribution in [2.75, 3.05) is 32.2 Å². The Morgan fingerprint density at radius 2 is 1.94 bits per heavy atom. The molecule has 1 fully saturated rings. The number of amidine groups is 1. The number of anilines is 1. The van der Waals surface area contributed by atoms with E-state index in [2.05, 4.69) is 15.6 Å². The molecule has 0 aliphatic carbocycles. The normalized spacial score (nSPS) is 16.1. The molecule has 1 aliphatic heterocycles. The number of nitrogens with one attached hydrogen (secondary N) is 3. The molecule has 4 N–H and O–H groups in total. The van der Waals surface area contributed by atoms with Crippen LogP contribution in [0.1, 0.15) is 18.1 Å². The van der Waals surface area contributed by atoms with Crippen LogP contribution in [0.3, 0.4) is 0 Å². The van der Waals surface area contributed by atoms with Gasteiger partial charge in [-0.2, -0.15) is 13.2 Å². The van der Waals surface area contributed by atoms with Crippen molar-refractivity contribution in [1.82, 2.24) is 10.6 Å².